The van der Waals surface area contributed by atoms with Crippen LogP contribution < -0.4 is 0 Å². The maximum absolute atomic E-state index is 5.43. The highest BCUT2D eigenvalue weighted by atomic mass is 127. The number of para-hydroxylation sites is 1. The van der Waals surface area contributed by atoms with E-state index < -0.39 is 3.67 Å². The molecule has 0 N–H and O–H groups in total. The van der Waals surface area contributed by atoms with Gasteiger partial charge in [-0.05, 0) is 60.2 Å². The molecule has 4 aromatic carbocycles. The van der Waals surface area contributed by atoms with Crippen molar-refractivity contribution < 1.29 is 0 Å². The van der Waals surface area contributed by atoms with E-state index in [1.54, 1.807) is 0 Å². The third-order valence-corrected chi connectivity index (χ3v) is 7.20. The Morgan fingerprint density at radius 1 is 0.812 bits per heavy atom. The van der Waals surface area contributed by atoms with Gasteiger partial charge in [-0.3, -0.25) is 0 Å². The molecule has 1 aromatic heterocycles. The molecule has 5 rings (SSSR count). The first-order chi connectivity index (χ1) is 15.5. The summed E-state index contributed by atoms with van der Waals surface area (Å²) in [5, 5.41) is 2.45. The van der Waals surface area contributed by atoms with E-state index in [2.05, 4.69) is 148 Å². The molecular formula is C28H22BrIN2. The number of aromatic nitrogens is 1. The van der Waals surface area contributed by atoms with Gasteiger partial charge in [-0.25, -0.2) is 4.99 Å². The van der Waals surface area contributed by atoms with Crippen LogP contribution in [0.3, 0.4) is 0 Å². The molecule has 0 saturated carbocycles. The lowest BCUT2D eigenvalue weighted by atomic mass is 9.98. The molecule has 0 spiro atoms. The van der Waals surface area contributed by atoms with Crippen molar-refractivity contribution in [3.8, 4) is 0 Å². The van der Waals surface area contributed by atoms with Crippen LogP contribution >= 0.6 is 38.5 Å². The van der Waals surface area contributed by atoms with Crippen molar-refractivity contribution in [2.45, 2.75) is 17.5 Å². The molecule has 0 amide bonds. The summed E-state index contributed by atoms with van der Waals surface area (Å²) in [5.74, 6) is 0. The van der Waals surface area contributed by atoms with E-state index in [4.69, 9.17) is 4.99 Å². The maximum Gasteiger partial charge on any atom is 0.186 e. The minimum absolute atomic E-state index is 0.548. The fraction of sp³-hybridized carbons (Fsp3) is 0.107. The third-order valence-electron chi connectivity index (χ3n) is 5.82. The Hall–Kier alpha value is -2.44. The highest BCUT2D eigenvalue weighted by Crippen LogP contribution is 2.41. The molecule has 0 saturated heterocycles. The summed E-state index contributed by atoms with van der Waals surface area (Å²) in [6.45, 7) is 4.33. The lowest BCUT2D eigenvalue weighted by molar-refractivity contribution is 0.581. The number of hydrogen-bond acceptors (Lipinski definition) is 1. The van der Waals surface area contributed by atoms with Crippen LogP contribution in [0, 0.1) is 6.92 Å². The largest absolute Gasteiger partial charge is 0.307 e. The maximum atomic E-state index is 5.43. The Kier molecular flexibility index (Phi) is 5.68. The molecule has 0 aliphatic rings. The predicted octanol–water partition coefficient (Wildman–Crippen LogP) is 8.47. The molecule has 0 aliphatic heterocycles. The first-order valence-electron chi connectivity index (χ1n) is 10.6. The standard InChI is InChI=1S/C28H22BrIN2/c1-19-11-6-7-14-21(19)27(20-12-4-3-5-13-20)31-28(2,30)32-24-17-9-8-15-22(24)26-23(29)16-10-18-25(26)32/h3-18H,1-2H3/b31-27-. The minimum atomic E-state index is -0.548. The molecule has 1 atom stereocenters. The van der Waals surface area contributed by atoms with E-state index in [0.29, 0.717) is 0 Å². The van der Waals surface area contributed by atoms with Crippen LogP contribution in [-0.2, 0) is 3.67 Å². The van der Waals surface area contributed by atoms with Gasteiger partial charge in [0, 0.05) is 26.4 Å². The number of fused-ring (bicyclic) bond motifs is 3. The molecule has 0 fully saturated rings. The summed E-state index contributed by atoms with van der Waals surface area (Å²) >= 11 is 6.27. The number of halogens is 2. The molecule has 1 heterocycles. The molecule has 0 radical (unpaired) electrons. The fourth-order valence-corrected chi connectivity index (χ4v) is 5.71. The summed E-state index contributed by atoms with van der Waals surface area (Å²) in [5.41, 5.74) is 6.83. The molecule has 4 heteroatoms. The van der Waals surface area contributed by atoms with Gasteiger partial charge in [0.1, 0.15) is 0 Å². The van der Waals surface area contributed by atoms with Crippen molar-refractivity contribution in [1.29, 1.82) is 0 Å². The average molecular weight is 593 g/mol. The zero-order chi connectivity index (χ0) is 22.3. The van der Waals surface area contributed by atoms with Gasteiger partial charge >= 0.3 is 0 Å². The van der Waals surface area contributed by atoms with Gasteiger partial charge in [0.05, 0.1) is 16.7 Å². The van der Waals surface area contributed by atoms with Crippen LogP contribution in [0.15, 0.2) is 107 Å². The fourth-order valence-electron chi connectivity index (χ4n) is 4.38. The Morgan fingerprint density at radius 2 is 1.47 bits per heavy atom. The molecule has 2 nitrogen and oxygen atoms in total. The SMILES string of the molecule is Cc1ccccc1/C(=N\C(C)(I)n1c2ccccc2c2c(Br)cccc21)c1ccccc1. The number of hydrogen-bond donors (Lipinski definition) is 0. The summed E-state index contributed by atoms with van der Waals surface area (Å²) in [4.78, 5) is 5.43. The number of benzene rings is 4. The van der Waals surface area contributed by atoms with Crippen LogP contribution in [-0.4, -0.2) is 10.3 Å². The van der Waals surface area contributed by atoms with E-state index >= 15 is 0 Å². The molecule has 32 heavy (non-hydrogen) atoms. The molecule has 0 bridgehead atoms. The second kappa shape index (κ2) is 8.49. The highest BCUT2D eigenvalue weighted by Gasteiger charge is 2.28. The second-order valence-electron chi connectivity index (χ2n) is 8.03. The first-order valence-corrected chi connectivity index (χ1v) is 12.4. The predicted molar refractivity (Wildman–Crippen MR) is 148 cm³/mol. The monoisotopic (exact) mass is 592 g/mol. The van der Waals surface area contributed by atoms with Crippen molar-refractivity contribution in [2.75, 3.05) is 0 Å². The second-order valence-corrected chi connectivity index (χ2v) is 10.9. The number of alkyl halides is 1. The normalized spacial score (nSPS) is 14.1. The van der Waals surface area contributed by atoms with Gasteiger partial charge in [0.15, 0.2) is 3.67 Å². The molecule has 1 unspecified atom stereocenters. The first kappa shape index (κ1) is 21.4. The van der Waals surface area contributed by atoms with Crippen molar-refractivity contribution in [3.63, 3.8) is 0 Å². The Morgan fingerprint density at radius 3 is 2.25 bits per heavy atom. The van der Waals surface area contributed by atoms with Crippen LogP contribution in [0.25, 0.3) is 21.8 Å². The van der Waals surface area contributed by atoms with Gasteiger partial charge in [-0.1, -0.05) is 94.8 Å². The Labute approximate surface area is 210 Å². The number of aryl methyl sites for hydroxylation is 1. The molecule has 0 aliphatic carbocycles. The van der Waals surface area contributed by atoms with Gasteiger partial charge in [-0.15, -0.1) is 0 Å². The number of rotatable bonds is 4. The lowest BCUT2D eigenvalue weighted by Crippen LogP contribution is -2.23. The van der Waals surface area contributed by atoms with E-state index in [1.807, 2.05) is 6.07 Å². The van der Waals surface area contributed by atoms with E-state index in [9.17, 15) is 0 Å². The van der Waals surface area contributed by atoms with Gasteiger partial charge in [0.25, 0.3) is 0 Å². The smallest absolute Gasteiger partial charge is 0.186 e. The van der Waals surface area contributed by atoms with Crippen LogP contribution in [0.2, 0.25) is 0 Å². The van der Waals surface area contributed by atoms with Crippen LogP contribution in [0.1, 0.15) is 23.6 Å². The number of nitrogens with zero attached hydrogens (tertiary/aromatic N) is 2. The highest BCUT2D eigenvalue weighted by molar-refractivity contribution is 14.1. The third kappa shape index (κ3) is 3.69. The quantitative estimate of drug-likeness (QED) is 0.0862. The molecular weight excluding hydrogens is 571 g/mol. The summed E-state index contributed by atoms with van der Waals surface area (Å²) in [7, 11) is 0. The van der Waals surface area contributed by atoms with Crippen molar-refractivity contribution in [2.24, 2.45) is 4.99 Å². The van der Waals surface area contributed by atoms with Gasteiger partial charge < -0.3 is 4.57 Å². The zero-order valence-corrected chi connectivity index (χ0v) is 21.6. The summed E-state index contributed by atoms with van der Waals surface area (Å²) in [6, 6.07) is 33.9. The van der Waals surface area contributed by atoms with Crippen LogP contribution in [0.5, 0.6) is 0 Å². The van der Waals surface area contributed by atoms with Crippen LogP contribution in [0.4, 0.5) is 0 Å². The number of aliphatic imine (C=N–C) groups is 1. The van der Waals surface area contributed by atoms with Crippen molar-refractivity contribution in [3.05, 3.63) is 118 Å². The van der Waals surface area contributed by atoms with E-state index in [0.717, 1.165) is 21.3 Å². The van der Waals surface area contributed by atoms with Crippen molar-refractivity contribution in [1.82, 2.24) is 4.57 Å². The molecule has 5 aromatic rings. The van der Waals surface area contributed by atoms with Gasteiger partial charge in [0.2, 0.25) is 0 Å². The van der Waals surface area contributed by atoms with Gasteiger partial charge in [-0.2, -0.15) is 0 Å². The van der Waals surface area contributed by atoms with E-state index in [1.165, 1.54) is 27.4 Å². The average Bonchev–Trinajstić information content (AvgIpc) is 3.15. The Balaban J connectivity index is 1.82. The summed E-state index contributed by atoms with van der Waals surface area (Å²) in [6.07, 6.45) is 0. The summed E-state index contributed by atoms with van der Waals surface area (Å²) < 4.78 is 2.90. The lowest BCUT2D eigenvalue weighted by Gasteiger charge is -2.25. The van der Waals surface area contributed by atoms with E-state index in [-0.39, 0.29) is 0 Å². The molecule has 158 valence electrons. The topological polar surface area (TPSA) is 17.3 Å². The zero-order valence-electron chi connectivity index (χ0n) is 17.9. The Bertz CT molecular complexity index is 1470. The van der Waals surface area contributed by atoms with Crippen molar-refractivity contribution >= 4 is 66.0 Å². The minimum Gasteiger partial charge on any atom is -0.307 e.